The van der Waals surface area contributed by atoms with E-state index in [-0.39, 0.29) is 24.0 Å². The van der Waals surface area contributed by atoms with Crippen molar-refractivity contribution in [2.45, 2.75) is 18.9 Å². The highest BCUT2D eigenvalue weighted by molar-refractivity contribution is 7.91. The number of rotatable bonds is 5. The van der Waals surface area contributed by atoms with Crippen LogP contribution < -0.4 is 0 Å². The molecule has 1 aromatic carbocycles. The molecular formula is C15H17Cl2NO5S. The van der Waals surface area contributed by atoms with Gasteiger partial charge in [0.25, 0.3) is 5.91 Å². The quantitative estimate of drug-likeness (QED) is 0.711. The zero-order valence-corrected chi connectivity index (χ0v) is 15.3. The Balaban J connectivity index is 1.84. The second-order valence-corrected chi connectivity index (χ2v) is 8.71. The first kappa shape index (κ1) is 19.0. The van der Waals surface area contributed by atoms with Crippen LogP contribution in [0.25, 0.3) is 0 Å². The molecule has 0 spiro atoms. The van der Waals surface area contributed by atoms with Crippen LogP contribution in [0.1, 0.15) is 12.0 Å². The molecule has 1 aromatic rings. The molecule has 0 bridgehead atoms. The highest BCUT2D eigenvalue weighted by Gasteiger charge is 2.32. The summed E-state index contributed by atoms with van der Waals surface area (Å²) in [5, 5.41) is 0.805. The fraction of sp³-hybridized carbons (Fsp3) is 0.467. The number of nitrogens with zero attached hydrogens (tertiary/aromatic N) is 1. The minimum absolute atomic E-state index is 0.0520. The minimum atomic E-state index is -3.08. The molecule has 1 fully saturated rings. The summed E-state index contributed by atoms with van der Waals surface area (Å²) < 4.78 is 27.9. The van der Waals surface area contributed by atoms with Crippen LogP contribution in [0.15, 0.2) is 18.2 Å². The van der Waals surface area contributed by atoms with Crippen molar-refractivity contribution >= 4 is 44.9 Å². The normalized spacial score (nSPS) is 19.0. The van der Waals surface area contributed by atoms with Crippen LogP contribution in [-0.4, -0.2) is 56.4 Å². The number of halogens is 2. The molecule has 0 unspecified atom stereocenters. The predicted molar refractivity (Wildman–Crippen MR) is 91.0 cm³/mol. The Morgan fingerprint density at radius 3 is 2.62 bits per heavy atom. The van der Waals surface area contributed by atoms with Gasteiger partial charge in [0.1, 0.15) is 0 Å². The lowest BCUT2D eigenvalue weighted by molar-refractivity contribution is -0.151. The van der Waals surface area contributed by atoms with Gasteiger partial charge in [0.15, 0.2) is 16.4 Å². The van der Waals surface area contributed by atoms with Gasteiger partial charge in [-0.3, -0.25) is 9.59 Å². The van der Waals surface area contributed by atoms with Gasteiger partial charge in [0.2, 0.25) is 0 Å². The van der Waals surface area contributed by atoms with E-state index in [0.717, 1.165) is 0 Å². The Morgan fingerprint density at radius 2 is 2.04 bits per heavy atom. The van der Waals surface area contributed by atoms with Gasteiger partial charge in [-0.15, -0.1) is 0 Å². The van der Waals surface area contributed by atoms with Crippen molar-refractivity contribution in [1.29, 1.82) is 0 Å². The predicted octanol–water partition coefficient (Wildman–Crippen LogP) is 1.72. The molecule has 1 amide bonds. The summed E-state index contributed by atoms with van der Waals surface area (Å²) in [5.74, 6) is -1.01. The molecule has 1 atom stereocenters. The monoisotopic (exact) mass is 393 g/mol. The molecule has 0 saturated carbocycles. The van der Waals surface area contributed by atoms with Crippen LogP contribution in [0.2, 0.25) is 10.0 Å². The zero-order valence-electron chi connectivity index (χ0n) is 13.0. The van der Waals surface area contributed by atoms with Crippen molar-refractivity contribution < 1.29 is 22.7 Å². The van der Waals surface area contributed by atoms with E-state index < -0.39 is 28.3 Å². The van der Waals surface area contributed by atoms with E-state index in [1.807, 2.05) is 0 Å². The summed E-state index contributed by atoms with van der Waals surface area (Å²) in [4.78, 5) is 25.2. The molecule has 0 radical (unpaired) electrons. The van der Waals surface area contributed by atoms with Crippen molar-refractivity contribution in [1.82, 2.24) is 4.90 Å². The molecule has 1 aliphatic rings. The lowest BCUT2D eigenvalue weighted by Gasteiger charge is -2.23. The third-order valence-corrected chi connectivity index (χ3v) is 6.19. The van der Waals surface area contributed by atoms with Gasteiger partial charge >= 0.3 is 5.97 Å². The van der Waals surface area contributed by atoms with Crippen molar-refractivity contribution in [3.05, 3.63) is 33.8 Å². The number of sulfone groups is 1. The number of hydrogen-bond acceptors (Lipinski definition) is 5. The molecule has 6 nitrogen and oxygen atoms in total. The summed E-state index contributed by atoms with van der Waals surface area (Å²) in [5.41, 5.74) is 0.550. The van der Waals surface area contributed by atoms with Gasteiger partial charge in [-0.05, 0) is 24.1 Å². The lowest BCUT2D eigenvalue weighted by Crippen LogP contribution is -2.40. The zero-order chi connectivity index (χ0) is 17.9. The highest BCUT2D eigenvalue weighted by atomic mass is 35.5. The maximum atomic E-state index is 12.0. The third-order valence-electron chi connectivity index (χ3n) is 3.86. The van der Waals surface area contributed by atoms with Crippen LogP contribution in [0.4, 0.5) is 0 Å². The van der Waals surface area contributed by atoms with Gasteiger partial charge in [-0.2, -0.15) is 0 Å². The highest BCUT2D eigenvalue weighted by Crippen LogP contribution is 2.21. The summed E-state index contributed by atoms with van der Waals surface area (Å²) in [6, 6.07) is 4.37. The Morgan fingerprint density at radius 1 is 1.33 bits per heavy atom. The van der Waals surface area contributed by atoms with E-state index in [4.69, 9.17) is 27.9 Å². The smallest absolute Gasteiger partial charge is 0.310 e. The number of hydrogen-bond donors (Lipinski definition) is 0. The van der Waals surface area contributed by atoms with E-state index in [1.54, 1.807) is 12.1 Å². The van der Waals surface area contributed by atoms with Crippen LogP contribution in [-0.2, 0) is 30.6 Å². The Hall–Kier alpha value is -1.31. The molecule has 1 saturated heterocycles. The van der Waals surface area contributed by atoms with Crippen molar-refractivity contribution in [2.24, 2.45) is 0 Å². The molecule has 1 heterocycles. The van der Waals surface area contributed by atoms with Crippen molar-refractivity contribution in [3.8, 4) is 0 Å². The van der Waals surface area contributed by atoms with Crippen LogP contribution in [0.3, 0.4) is 0 Å². The van der Waals surface area contributed by atoms with Gasteiger partial charge in [-0.1, -0.05) is 29.3 Å². The molecule has 132 valence electrons. The number of benzene rings is 1. The van der Waals surface area contributed by atoms with Gasteiger partial charge in [-0.25, -0.2) is 8.42 Å². The second-order valence-electron chi connectivity index (χ2n) is 5.63. The molecule has 9 heteroatoms. The number of esters is 1. The average molecular weight is 394 g/mol. The first-order chi connectivity index (χ1) is 11.2. The fourth-order valence-electron chi connectivity index (χ4n) is 2.40. The second kappa shape index (κ2) is 7.72. The number of ether oxygens (including phenoxy) is 1. The maximum absolute atomic E-state index is 12.0. The van der Waals surface area contributed by atoms with E-state index in [2.05, 4.69) is 0 Å². The summed E-state index contributed by atoms with van der Waals surface area (Å²) in [7, 11) is -1.57. The van der Waals surface area contributed by atoms with E-state index in [9.17, 15) is 18.0 Å². The standard InChI is InChI=1S/C15H17Cl2NO5S/c1-18(12-4-5-24(21,22)9-12)14(19)8-23-15(20)6-10-2-3-11(16)7-13(10)17/h2-3,7,12H,4-6,8-9H2,1H3/t12-/m0/s1. The van der Waals surface area contributed by atoms with Gasteiger partial charge < -0.3 is 9.64 Å². The Bertz CT molecular complexity index is 750. The molecule has 2 rings (SSSR count). The van der Waals surface area contributed by atoms with E-state index in [1.165, 1.54) is 18.0 Å². The first-order valence-electron chi connectivity index (χ1n) is 7.23. The van der Waals surface area contributed by atoms with Gasteiger partial charge in [0, 0.05) is 23.1 Å². The number of likely N-dealkylation sites (N-methyl/N-ethyl adjacent to an activating group) is 1. The average Bonchev–Trinajstić information content (AvgIpc) is 2.87. The van der Waals surface area contributed by atoms with Crippen LogP contribution in [0.5, 0.6) is 0 Å². The lowest BCUT2D eigenvalue weighted by atomic mass is 10.1. The molecule has 0 N–H and O–H groups in total. The van der Waals surface area contributed by atoms with Crippen LogP contribution >= 0.6 is 23.2 Å². The molecule has 24 heavy (non-hydrogen) atoms. The van der Waals surface area contributed by atoms with E-state index >= 15 is 0 Å². The molecule has 0 aromatic heterocycles. The SMILES string of the molecule is CN(C(=O)COC(=O)Cc1ccc(Cl)cc1Cl)[C@H]1CCS(=O)(=O)C1. The van der Waals surface area contributed by atoms with E-state index in [0.29, 0.717) is 22.0 Å². The number of carbonyl (C=O) groups is 2. The first-order valence-corrected chi connectivity index (χ1v) is 9.81. The largest absolute Gasteiger partial charge is 0.455 e. The number of carbonyl (C=O) groups excluding carboxylic acids is 2. The van der Waals surface area contributed by atoms with Crippen molar-refractivity contribution in [2.75, 3.05) is 25.2 Å². The summed E-state index contributed by atoms with van der Waals surface area (Å²) in [6.07, 6.45) is 0.323. The summed E-state index contributed by atoms with van der Waals surface area (Å²) >= 11 is 11.8. The maximum Gasteiger partial charge on any atom is 0.310 e. The van der Waals surface area contributed by atoms with Crippen molar-refractivity contribution in [3.63, 3.8) is 0 Å². The molecule has 1 aliphatic heterocycles. The van der Waals surface area contributed by atoms with Gasteiger partial charge in [0.05, 0.1) is 17.9 Å². The Labute approximate surface area is 150 Å². The fourth-order valence-corrected chi connectivity index (χ4v) is 4.65. The summed E-state index contributed by atoms with van der Waals surface area (Å²) in [6.45, 7) is -0.433. The van der Waals surface area contributed by atoms with Crippen LogP contribution in [0, 0.1) is 0 Å². The Kier molecular flexibility index (Phi) is 6.11. The third kappa shape index (κ3) is 5.09. The molecule has 0 aliphatic carbocycles. The number of amides is 1. The topological polar surface area (TPSA) is 80.8 Å². The minimum Gasteiger partial charge on any atom is -0.455 e. The molecular weight excluding hydrogens is 377 g/mol.